The van der Waals surface area contributed by atoms with E-state index in [4.69, 9.17) is 5.73 Å². The van der Waals surface area contributed by atoms with Crippen LogP contribution in [0.3, 0.4) is 0 Å². The molecule has 0 heterocycles. The Hall–Kier alpha value is -1.77. The second kappa shape index (κ2) is 11.9. The molecule has 3 N–H and O–H groups in total. The Morgan fingerprint density at radius 1 is 1.21 bits per heavy atom. The van der Waals surface area contributed by atoms with E-state index < -0.39 is 0 Å². The Labute approximate surface area is 173 Å². The maximum Gasteiger partial charge on any atom is 0.193 e. The van der Waals surface area contributed by atoms with Crippen molar-refractivity contribution >= 4 is 24.3 Å². The molecule has 2 bridgehead atoms. The van der Waals surface area contributed by atoms with Crippen molar-refractivity contribution in [2.75, 3.05) is 11.9 Å². The van der Waals surface area contributed by atoms with Crippen LogP contribution in [-0.2, 0) is 0 Å². The van der Waals surface area contributed by atoms with Gasteiger partial charge in [0.2, 0.25) is 0 Å². The van der Waals surface area contributed by atoms with Gasteiger partial charge in [0.15, 0.2) is 5.96 Å². The lowest BCUT2D eigenvalue weighted by Crippen LogP contribution is -2.37. The number of anilines is 1. The van der Waals surface area contributed by atoms with Gasteiger partial charge in [-0.05, 0) is 66.0 Å². The van der Waals surface area contributed by atoms with Crippen LogP contribution in [0.2, 0.25) is 0 Å². The molecule has 0 saturated heterocycles. The zero-order chi connectivity index (χ0) is 21.2. The fourth-order valence-corrected chi connectivity index (χ4v) is 4.78. The van der Waals surface area contributed by atoms with E-state index in [0.29, 0.717) is 11.4 Å². The Bertz CT molecular complexity index is 708. The molecule has 2 aliphatic rings. The standard InChI is InChI=1S/C21H31N3.2C2H6/c1-4-18-11-19(9-8-15(18)2)24-20(22)23-14-21(3)12-16-6-5-7-17(10-16)13-21;2*1-2/h4,8-9,11,16-17H,2,5-7,10,12-14H2,1,3H3,(H3,22,23,24);2*1-2H3/b18-4-;;. The molecule has 1 aromatic carbocycles. The fourth-order valence-electron chi connectivity index (χ4n) is 4.78. The molecule has 28 heavy (non-hydrogen) atoms. The molecule has 0 spiro atoms. The second-order valence-electron chi connectivity index (χ2n) is 8.15. The molecule has 0 aromatic heterocycles. The number of benzene rings is 1. The first-order valence-corrected chi connectivity index (χ1v) is 11.3. The molecule has 0 radical (unpaired) electrons. The van der Waals surface area contributed by atoms with Crippen molar-refractivity contribution < 1.29 is 0 Å². The second-order valence-corrected chi connectivity index (χ2v) is 8.15. The molecule has 2 aliphatic carbocycles. The molecule has 2 atom stereocenters. The summed E-state index contributed by atoms with van der Waals surface area (Å²) in [6.07, 6.45) is 10.4. The Morgan fingerprint density at radius 3 is 2.39 bits per heavy atom. The number of hydrogen-bond acceptors (Lipinski definition) is 1. The Morgan fingerprint density at radius 2 is 1.82 bits per heavy atom. The highest BCUT2D eigenvalue weighted by atomic mass is 15.1. The van der Waals surface area contributed by atoms with E-state index in [0.717, 1.165) is 34.5 Å². The van der Waals surface area contributed by atoms with E-state index in [2.05, 4.69) is 36.0 Å². The van der Waals surface area contributed by atoms with Gasteiger partial charge in [-0.15, -0.1) is 0 Å². The van der Waals surface area contributed by atoms with Crippen LogP contribution >= 0.6 is 0 Å². The van der Waals surface area contributed by atoms with Gasteiger partial charge in [0.05, 0.1) is 0 Å². The van der Waals surface area contributed by atoms with Gasteiger partial charge in [-0.2, -0.15) is 0 Å². The summed E-state index contributed by atoms with van der Waals surface area (Å²) >= 11 is 0. The predicted octanol–water partition coefficient (Wildman–Crippen LogP) is 5.28. The fraction of sp³-hybridized carbons (Fsp3) is 0.640. The molecule has 3 heteroatoms. The average molecular weight is 386 g/mol. The number of guanidine groups is 1. The molecule has 3 rings (SSSR count). The number of fused-ring (bicyclic) bond motifs is 2. The largest absolute Gasteiger partial charge is 0.370 e. The first-order valence-electron chi connectivity index (χ1n) is 11.3. The van der Waals surface area contributed by atoms with Gasteiger partial charge in [-0.25, -0.2) is 0 Å². The molecular weight excluding hydrogens is 342 g/mol. The van der Waals surface area contributed by atoms with Gasteiger partial charge in [-0.1, -0.05) is 72.6 Å². The van der Waals surface area contributed by atoms with Crippen LogP contribution < -0.4 is 21.5 Å². The molecule has 3 nitrogen and oxygen atoms in total. The highest BCUT2D eigenvalue weighted by Gasteiger charge is 2.38. The zero-order valence-corrected chi connectivity index (χ0v) is 19.1. The number of nitrogens with two attached hydrogens (primary N) is 1. The van der Waals surface area contributed by atoms with E-state index in [-0.39, 0.29) is 0 Å². The Kier molecular flexibility index (Phi) is 10.3. The van der Waals surface area contributed by atoms with Gasteiger partial charge < -0.3 is 11.1 Å². The van der Waals surface area contributed by atoms with Crippen LogP contribution in [-0.4, -0.2) is 12.5 Å². The van der Waals surface area contributed by atoms with Crippen LogP contribution in [0.15, 0.2) is 23.2 Å². The normalized spacial score (nSPS) is 27.1. The first kappa shape index (κ1) is 24.3. The van der Waals surface area contributed by atoms with Crippen LogP contribution in [0.1, 0.15) is 80.1 Å². The Balaban J connectivity index is 0.000000921. The number of nitrogens with one attached hydrogen (secondary N) is 1. The molecule has 2 fully saturated rings. The summed E-state index contributed by atoms with van der Waals surface area (Å²) in [5, 5.41) is 5.38. The van der Waals surface area contributed by atoms with E-state index in [1.165, 1.54) is 38.5 Å². The minimum Gasteiger partial charge on any atom is -0.370 e. The van der Waals surface area contributed by atoms with Gasteiger partial charge in [0.1, 0.15) is 0 Å². The van der Waals surface area contributed by atoms with Gasteiger partial charge >= 0.3 is 0 Å². The maximum absolute atomic E-state index is 6.14. The number of aliphatic imine (C=N–C) groups is 1. The van der Waals surface area contributed by atoms with E-state index in [9.17, 15) is 0 Å². The van der Waals surface area contributed by atoms with Gasteiger partial charge in [0, 0.05) is 12.2 Å². The molecule has 158 valence electrons. The molecule has 2 saturated carbocycles. The van der Waals surface area contributed by atoms with Crippen molar-refractivity contribution in [2.45, 2.75) is 80.1 Å². The smallest absolute Gasteiger partial charge is 0.193 e. The number of nitrogens with zero attached hydrogens (tertiary/aromatic N) is 1. The summed E-state index contributed by atoms with van der Waals surface area (Å²) in [5.41, 5.74) is 7.43. The van der Waals surface area contributed by atoms with Crippen molar-refractivity contribution in [3.63, 3.8) is 0 Å². The molecule has 1 aromatic rings. The summed E-state index contributed by atoms with van der Waals surface area (Å²) in [4.78, 5) is 4.68. The van der Waals surface area contributed by atoms with Crippen LogP contribution in [0.4, 0.5) is 5.69 Å². The van der Waals surface area contributed by atoms with Crippen LogP contribution in [0.25, 0.3) is 12.7 Å². The third kappa shape index (κ3) is 7.00. The quantitative estimate of drug-likeness (QED) is 0.549. The van der Waals surface area contributed by atoms with Crippen molar-refractivity contribution in [3.8, 4) is 0 Å². The topological polar surface area (TPSA) is 50.4 Å². The number of rotatable bonds is 3. The highest BCUT2D eigenvalue weighted by Crippen LogP contribution is 2.48. The monoisotopic (exact) mass is 385 g/mol. The van der Waals surface area contributed by atoms with Crippen LogP contribution in [0, 0.1) is 17.3 Å². The highest BCUT2D eigenvalue weighted by molar-refractivity contribution is 5.92. The van der Waals surface area contributed by atoms with Gasteiger partial charge in [-0.3, -0.25) is 4.99 Å². The lowest BCUT2D eigenvalue weighted by molar-refractivity contribution is 0.0754. The van der Waals surface area contributed by atoms with E-state index in [1.54, 1.807) is 0 Å². The minimum atomic E-state index is 0.319. The van der Waals surface area contributed by atoms with Crippen molar-refractivity contribution in [2.24, 2.45) is 28.0 Å². The molecule has 2 unspecified atom stereocenters. The molecular formula is C25H43N3. The summed E-state index contributed by atoms with van der Waals surface area (Å²) in [6.45, 7) is 17.3. The lowest BCUT2D eigenvalue weighted by atomic mass is 9.61. The summed E-state index contributed by atoms with van der Waals surface area (Å²) in [5.74, 6) is 2.35. The average Bonchev–Trinajstić information content (AvgIpc) is 2.71. The van der Waals surface area contributed by atoms with Crippen molar-refractivity contribution in [3.05, 3.63) is 28.6 Å². The predicted molar refractivity (Wildman–Crippen MR) is 127 cm³/mol. The number of hydrogen-bond donors (Lipinski definition) is 2. The maximum atomic E-state index is 6.14. The molecule has 0 amide bonds. The lowest BCUT2D eigenvalue weighted by Gasteiger charge is -2.44. The first-order chi connectivity index (χ1) is 13.5. The summed E-state index contributed by atoms with van der Waals surface area (Å²) in [7, 11) is 0. The van der Waals surface area contributed by atoms with Crippen LogP contribution in [0.5, 0.6) is 0 Å². The van der Waals surface area contributed by atoms with Crippen molar-refractivity contribution in [1.29, 1.82) is 0 Å². The molecule has 0 aliphatic heterocycles. The zero-order valence-electron chi connectivity index (χ0n) is 19.1. The van der Waals surface area contributed by atoms with E-state index >= 15 is 0 Å². The summed E-state index contributed by atoms with van der Waals surface area (Å²) < 4.78 is 0. The van der Waals surface area contributed by atoms with E-state index in [1.807, 2.05) is 46.8 Å². The summed E-state index contributed by atoms with van der Waals surface area (Å²) in [6, 6.07) is 6.08. The van der Waals surface area contributed by atoms with Gasteiger partial charge in [0.25, 0.3) is 0 Å². The third-order valence-corrected chi connectivity index (χ3v) is 5.81. The SMILES string of the molecule is C=c1ccc(NC(N)=NCC2(C)CC3CCCC(C3)C2)c/c1=C/C.CC.CC. The van der Waals surface area contributed by atoms with Crippen molar-refractivity contribution in [1.82, 2.24) is 0 Å². The minimum absolute atomic E-state index is 0.319. The third-order valence-electron chi connectivity index (χ3n) is 5.81.